The topological polar surface area (TPSA) is 18.5 Å². The Bertz CT molecular complexity index is 1090. The maximum absolute atomic E-state index is 14.7. The average Bonchev–Trinajstić information content (AvgIpc) is 2.79. The van der Waals surface area contributed by atoms with E-state index < -0.39 is 35.5 Å². The van der Waals surface area contributed by atoms with E-state index >= 15 is 0 Å². The van der Waals surface area contributed by atoms with E-state index in [0.717, 1.165) is 11.6 Å². The third kappa shape index (κ3) is 5.62. The SMILES string of the molecule is CC.CC1COC(c2ccc(-c3ccc(-c4cc(F)c(C(F)(F)F)c(F)c4)c(F)c3)cc2)OC1. The van der Waals surface area contributed by atoms with Gasteiger partial charge in [0.15, 0.2) is 6.29 Å². The van der Waals surface area contributed by atoms with Crippen molar-refractivity contribution in [2.45, 2.75) is 33.2 Å². The molecule has 0 atom stereocenters. The molecule has 0 bridgehead atoms. The lowest BCUT2D eigenvalue weighted by atomic mass is 9.97. The smallest absolute Gasteiger partial charge is 0.348 e. The van der Waals surface area contributed by atoms with E-state index in [-0.39, 0.29) is 11.1 Å². The highest BCUT2D eigenvalue weighted by atomic mass is 19.4. The van der Waals surface area contributed by atoms with Gasteiger partial charge in [-0.2, -0.15) is 13.2 Å². The fraction of sp³-hybridized carbons (Fsp3) is 0.308. The number of alkyl halides is 3. The molecule has 0 amide bonds. The van der Waals surface area contributed by atoms with Gasteiger partial charge in [-0.1, -0.05) is 57.2 Å². The Kier molecular flexibility index (Phi) is 8.05. The van der Waals surface area contributed by atoms with Crippen LogP contribution in [0.25, 0.3) is 22.3 Å². The monoisotopic (exact) mass is 482 g/mol. The van der Waals surface area contributed by atoms with E-state index in [1.165, 1.54) is 12.1 Å². The second-order valence-corrected chi connectivity index (χ2v) is 7.73. The minimum absolute atomic E-state index is 0.213. The predicted octanol–water partition coefficient (Wildman–Crippen LogP) is 8.16. The molecule has 0 radical (unpaired) electrons. The maximum Gasteiger partial charge on any atom is 0.422 e. The van der Waals surface area contributed by atoms with E-state index in [1.54, 1.807) is 24.3 Å². The molecule has 0 unspecified atom stereocenters. The zero-order valence-corrected chi connectivity index (χ0v) is 18.8. The largest absolute Gasteiger partial charge is 0.422 e. The molecule has 8 heteroatoms. The lowest BCUT2D eigenvalue weighted by Gasteiger charge is -2.27. The number of halogens is 6. The van der Waals surface area contributed by atoms with Gasteiger partial charge in [0.25, 0.3) is 0 Å². The zero-order chi connectivity index (χ0) is 25.0. The summed E-state index contributed by atoms with van der Waals surface area (Å²) >= 11 is 0. The Morgan fingerprint density at radius 2 is 1.21 bits per heavy atom. The number of hydrogen-bond donors (Lipinski definition) is 0. The van der Waals surface area contributed by atoms with Crippen LogP contribution in [0, 0.1) is 23.4 Å². The first-order chi connectivity index (χ1) is 16.1. The van der Waals surface area contributed by atoms with Crippen LogP contribution in [0.3, 0.4) is 0 Å². The van der Waals surface area contributed by atoms with Crippen molar-refractivity contribution in [2.75, 3.05) is 13.2 Å². The molecule has 1 aliphatic heterocycles. The number of benzene rings is 3. The summed E-state index contributed by atoms with van der Waals surface area (Å²) in [5.74, 6) is -4.10. The van der Waals surface area contributed by atoms with Crippen LogP contribution in [-0.4, -0.2) is 13.2 Å². The standard InChI is InChI=1S/C24H18F6O2.C2H6/c1-13-11-31-23(32-12-13)15-4-2-14(3-5-15)16-6-7-18(19(25)8-16)17-9-20(26)22(21(27)10-17)24(28,29)30;1-2/h2-10,13,23H,11-12H2,1H3;1-2H3. The molecular formula is C26H24F6O2. The van der Waals surface area contributed by atoms with Crippen LogP contribution in [0.1, 0.15) is 38.2 Å². The van der Waals surface area contributed by atoms with Gasteiger partial charge < -0.3 is 9.47 Å². The van der Waals surface area contributed by atoms with Gasteiger partial charge in [-0.05, 0) is 34.9 Å². The molecule has 0 N–H and O–H groups in total. The van der Waals surface area contributed by atoms with Crippen molar-refractivity contribution < 1.29 is 35.8 Å². The van der Waals surface area contributed by atoms with Crippen molar-refractivity contribution in [2.24, 2.45) is 5.92 Å². The minimum Gasteiger partial charge on any atom is -0.348 e. The van der Waals surface area contributed by atoms with Crippen molar-refractivity contribution in [3.05, 3.63) is 83.2 Å². The zero-order valence-electron chi connectivity index (χ0n) is 18.8. The number of rotatable bonds is 3. The molecule has 34 heavy (non-hydrogen) atoms. The van der Waals surface area contributed by atoms with Gasteiger partial charge in [0.2, 0.25) is 0 Å². The molecule has 1 heterocycles. The number of ether oxygens (including phenoxy) is 2. The lowest BCUT2D eigenvalue weighted by Crippen LogP contribution is -2.24. The molecule has 0 saturated carbocycles. The van der Waals surface area contributed by atoms with Crippen molar-refractivity contribution in [1.29, 1.82) is 0 Å². The van der Waals surface area contributed by atoms with Gasteiger partial charge in [-0.3, -0.25) is 0 Å². The van der Waals surface area contributed by atoms with Gasteiger partial charge in [0.1, 0.15) is 23.0 Å². The molecule has 3 aromatic rings. The molecule has 0 spiro atoms. The van der Waals surface area contributed by atoms with E-state index in [4.69, 9.17) is 9.47 Å². The molecule has 0 aliphatic carbocycles. The summed E-state index contributed by atoms with van der Waals surface area (Å²) in [6.45, 7) is 7.19. The van der Waals surface area contributed by atoms with Crippen LogP contribution in [0.2, 0.25) is 0 Å². The van der Waals surface area contributed by atoms with Crippen molar-refractivity contribution in [1.82, 2.24) is 0 Å². The summed E-state index contributed by atoms with van der Waals surface area (Å²) in [4.78, 5) is 0. The van der Waals surface area contributed by atoms with Crippen LogP contribution >= 0.6 is 0 Å². The Balaban J connectivity index is 0.00000158. The fourth-order valence-corrected chi connectivity index (χ4v) is 3.55. The van der Waals surface area contributed by atoms with Gasteiger partial charge in [-0.25, -0.2) is 13.2 Å². The Morgan fingerprint density at radius 3 is 1.71 bits per heavy atom. The van der Waals surface area contributed by atoms with Crippen LogP contribution < -0.4 is 0 Å². The van der Waals surface area contributed by atoms with Crippen LogP contribution in [0.4, 0.5) is 26.3 Å². The summed E-state index contributed by atoms with van der Waals surface area (Å²) in [5, 5.41) is 0. The Labute approximate surface area is 194 Å². The molecule has 1 fully saturated rings. The van der Waals surface area contributed by atoms with Crippen LogP contribution in [0.15, 0.2) is 54.6 Å². The highest BCUT2D eigenvalue weighted by Gasteiger charge is 2.38. The first kappa shape index (κ1) is 25.8. The van der Waals surface area contributed by atoms with Crippen molar-refractivity contribution >= 4 is 0 Å². The first-order valence-electron chi connectivity index (χ1n) is 10.8. The second-order valence-electron chi connectivity index (χ2n) is 7.73. The van der Waals surface area contributed by atoms with E-state index in [0.29, 0.717) is 42.4 Å². The summed E-state index contributed by atoms with van der Waals surface area (Å²) in [7, 11) is 0. The number of hydrogen-bond acceptors (Lipinski definition) is 2. The lowest BCUT2D eigenvalue weighted by molar-refractivity contribution is -0.202. The normalized spacial score (nSPS) is 18.3. The summed E-state index contributed by atoms with van der Waals surface area (Å²) in [6, 6.07) is 12.0. The van der Waals surface area contributed by atoms with Crippen LogP contribution in [-0.2, 0) is 15.7 Å². The maximum atomic E-state index is 14.7. The second kappa shape index (κ2) is 10.6. The molecule has 1 saturated heterocycles. The summed E-state index contributed by atoms with van der Waals surface area (Å²) in [6.07, 6.45) is -5.66. The van der Waals surface area contributed by atoms with Gasteiger partial charge in [0, 0.05) is 17.0 Å². The third-order valence-corrected chi connectivity index (χ3v) is 5.19. The molecule has 1 aliphatic rings. The van der Waals surface area contributed by atoms with Crippen molar-refractivity contribution in [3.63, 3.8) is 0 Å². The highest BCUT2D eigenvalue weighted by Crippen LogP contribution is 2.37. The average molecular weight is 482 g/mol. The summed E-state index contributed by atoms with van der Waals surface area (Å²) < 4.78 is 92.0. The first-order valence-corrected chi connectivity index (χ1v) is 10.8. The Hall–Kier alpha value is -2.84. The summed E-state index contributed by atoms with van der Waals surface area (Å²) in [5.41, 5.74) is -0.562. The molecular weight excluding hydrogens is 458 g/mol. The molecule has 4 rings (SSSR count). The third-order valence-electron chi connectivity index (χ3n) is 5.19. The predicted molar refractivity (Wildman–Crippen MR) is 117 cm³/mol. The van der Waals surface area contributed by atoms with Gasteiger partial charge in [-0.15, -0.1) is 0 Å². The van der Waals surface area contributed by atoms with Crippen LogP contribution in [0.5, 0.6) is 0 Å². The van der Waals surface area contributed by atoms with E-state index in [2.05, 4.69) is 0 Å². The van der Waals surface area contributed by atoms with E-state index in [9.17, 15) is 26.3 Å². The fourth-order valence-electron chi connectivity index (χ4n) is 3.55. The van der Waals surface area contributed by atoms with Gasteiger partial charge >= 0.3 is 6.18 Å². The minimum atomic E-state index is -5.19. The highest BCUT2D eigenvalue weighted by molar-refractivity contribution is 5.71. The quantitative estimate of drug-likeness (QED) is 0.351. The van der Waals surface area contributed by atoms with E-state index in [1.807, 2.05) is 20.8 Å². The van der Waals surface area contributed by atoms with Crippen molar-refractivity contribution in [3.8, 4) is 22.3 Å². The molecule has 3 aromatic carbocycles. The Morgan fingerprint density at radius 1 is 0.706 bits per heavy atom. The molecule has 182 valence electrons. The molecule has 0 aromatic heterocycles. The van der Waals surface area contributed by atoms with Gasteiger partial charge in [0.05, 0.1) is 13.2 Å². The molecule has 2 nitrogen and oxygen atoms in total.